The zero-order valence-corrected chi connectivity index (χ0v) is 16.6. The molecule has 3 heteroatoms. The van der Waals surface area contributed by atoms with E-state index in [0.717, 1.165) is 25.7 Å². The summed E-state index contributed by atoms with van der Waals surface area (Å²) >= 11 is 0. The maximum absolute atomic E-state index is 12.1. The molecular formula is C22H34O3. The maximum Gasteiger partial charge on any atom is 0.344 e. The normalized spacial score (nSPS) is 16.0. The van der Waals surface area contributed by atoms with Gasteiger partial charge in [0, 0.05) is 0 Å². The quantitative estimate of drug-likeness (QED) is 0.578. The Balaban J connectivity index is 1.81. The predicted molar refractivity (Wildman–Crippen MR) is 102 cm³/mol. The molecule has 3 nitrogen and oxygen atoms in total. The zero-order chi connectivity index (χ0) is 18.5. The lowest BCUT2D eigenvalue weighted by molar-refractivity contribution is -0.163. The van der Waals surface area contributed by atoms with Crippen molar-refractivity contribution >= 4 is 5.97 Å². The smallest absolute Gasteiger partial charge is 0.344 e. The van der Waals surface area contributed by atoms with E-state index in [1.807, 2.05) is 26.0 Å². The van der Waals surface area contributed by atoms with Gasteiger partial charge in [-0.15, -0.1) is 0 Å². The van der Waals surface area contributed by atoms with E-state index in [-0.39, 0.29) is 12.6 Å². The molecule has 2 rings (SSSR count). The minimum absolute atomic E-state index is 0.0318. The van der Waals surface area contributed by atoms with Crippen LogP contribution in [0.15, 0.2) is 24.3 Å². The standard InChI is InChI=1S/C22H34O3/c1-6-21(2,3)15-17-11-13-19(14-12-17)24-16-20(23)25-22(4,5)18-9-7-8-10-18/h11-14,18H,6-10,15-16H2,1-5H3. The largest absolute Gasteiger partial charge is 0.482 e. The van der Waals surface area contributed by atoms with Gasteiger partial charge in [0.05, 0.1) is 0 Å². The van der Waals surface area contributed by atoms with Crippen molar-refractivity contribution in [3.63, 3.8) is 0 Å². The van der Waals surface area contributed by atoms with Crippen molar-refractivity contribution in [3.8, 4) is 5.75 Å². The molecule has 140 valence electrons. The Hall–Kier alpha value is -1.51. The van der Waals surface area contributed by atoms with Gasteiger partial charge in [-0.3, -0.25) is 0 Å². The highest BCUT2D eigenvalue weighted by Gasteiger charge is 2.35. The zero-order valence-electron chi connectivity index (χ0n) is 16.6. The van der Waals surface area contributed by atoms with E-state index in [0.29, 0.717) is 17.1 Å². The van der Waals surface area contributed by atoms with Gasteiger partial charge in [-0.05, 0) is 62.1 Å². The van der Waals surface area contributed by atoms with Crippen molar-refractivity contribution in [2.24, 2.45) is 11.3 Å². The number of hydrogen-bond acceptors (Lipinski definition) is 3. The Labute approximate surface area is 153 Å². The van der Waals surface area contributed by atoms with Crippen LogP contribution in [-0.2, 0) is 16.0 Å². The molecule has 1 aliphatic carbocycles. The van der Waals surface area contributed by atoms with Crippen LogP contribution >= 0.6 is 0 Å². The predicted octanol–water partition coefficient (Wildman–Crippen LogP) is 5.56. The molecule has 0 N–H and O–H groups in total. The molecule has 0 aliphatic heterocycles. The molecule has 0 aromatic heterocycles. The Bertz CT molecular complexity index is 551. The molecule has 1 aromatic rings. The molecule has 1 aliphatic rings. The van der Waals surface area contributed by atoms with Gasteiger partial charge in [-0.1, -0.05) is 52.2 Å². The molecule has 0 unspecified atom stereocenters. The molecule has 0 saturated heterocycles. The molecule has 0 bridgehead atoms. The van der Waals surface area contributed by atoms with Gasteiger partial charge in [-0.2, -0.15) is 0 Å². The summed E-state index contributed by atoms with van der Waals surface area (Å²) in [5, 5.41) is 0. The second-order valence-corrected chi connectivity index (χ2v) is 8.69. The lowest BCUT2D eigenvalue weighted by atomic mass is 9.83. The lowest BCUT2D eigenvalue weighted by Crippen LogP contribution is -2.37. The minimum Gasteiger partial charge on any atom is -0.482 e. The second kappa shape index (κ2) is 8.25. The summed E-state index contributed by atoms with van der Waals surface area (Å²) in [5.74, 6) is 0.902. The third-order valence-electron chi connectivity index (χ3n) is 5.64. The van der Waals surface area contributed by atoms with Crippen molar-refractivity contribution < 1.29 is 14.3 Å². The van der Waals surface area contributed by atoms with Gasteiger partial charge in [-0.25, -0.2) is 4.79 Å². The number of hydrogen-bond donors (Lipinski definition) is 0. The highest BCUT2D eigenvalue weighted by molar-refractivity contribution is 5.71. The van der Waals surface area contributed by atoms with Gasteiger partial charge >= 0.3 is 5.97 Å². The third kappa shape index (κ3) is 6.05. The SMILES string of the molecule is CCC(C)(C)Cc1ccc(OCC(=O)OC(C)(C)C2CCCC2)cc1. The summed E-state index contributed by atoms with van der Waals surface area (Å²) in [6.45, 7) is 10.8. The van der Waals surface area contributed by atoms with Crippen molar-refractivity contribution in [3.05, 3.63) is 29.8 Å². The summed E-state index contributed by atoms with van der Waals surface area (Å²) in [4.78, 5) is 12.1. The van der Waals surface area contributed by atoms with E-state index in [2.05, 4.69) is 32.9 Å². The van der Waals surface area contributed by atoms with Crippen LogP contribution in [0.25, 0.3) is 0 Å². The summed E-state index contributed by atoms with van der Waals surface area (Å²) in [7, 11) is 0. The highest BCUT2D eigenvalue weighted by atomic mass is 16.6. The first-order valence-electron chi connectivity index (χ1n) is 9.65. The van der Waals surface area contributed by atoms with Crippen LogP contribution in [0.4, 0.5) is 0 Å². The topological polar surface area (TPSA) is 35.5 Å². The first-order valence-corrected chi connectivity index (χ1v) is 9.65. The van der Waals surface area contributed by atoms with E-state index in [4.69, 9.17) is 9.47 Å². The maximum atomic E-state index is 12.1. The molecule has 0 radical (unpaired) electrons. The Kier molecular flexibility index (Phi) is 6.53. The number of ether oxygens (including phenoxy) is 2. The van der Waals surface area contributed by atoms with Crippen LogP contribution in [0.3, 0.4) is 0 Å². The van der Waals surface area contributed by atoms with E-state index in [1.54, 1.807) is 0 Å². The van der Waals surface area contributed by atoms with E-state index in [9.17, 15) is 4.79 Å². The Morgan fingerprint density at radius 3 is 2.24 bits per heavy atom. The highest BCUT2D eigenvalue weighted by Crippen LogP contribution is 2.36. The van der Waals surface area contributed by atoms with E-state index >= 15 is 0 Å². The van der Waals surface area contributed by atoms with Crippen molar-refractivity contribution in [2.75, 3.05) is 6.61 Å². The fraction of sp³-hybridized carbons (Fsp3) is 0.682. The molecule has 1 fully saturated rings. The fourth-order valence-corrected chi connectivity index (χ4v) is 3.55. The summed E-state index contributed by atoms with van der Waals surface area (Å²) < 4.78 is 11.3. The van der Waals surface area contributed by atoms with Crippen LogP contribution in [0.1, 0.15) is 72.3 Å². The van der Waals surface area contributed by atoms with E-state index < -0.39 is 5.60 Å². The third-order valence-corrected chi connectivity index (χ3v) is 5.64. The molecule has 0 spiro atoms. The van der Waals surface area contributed by atoms with Gasteiger partial charge < -0.3 is 9.47 Å². The van der Waals surface area contributed by atoms with Gasteiger partial charge in [0.2, 0.25) is 0 Å². The molecule has 25 heavy (non-hydrogen) atoms. The van der Waals surface area contributed by atoms with Crippen LogP contribution in [0.5, 0.6) is 5.75 Å². The van der Waals surface area contributed by atoms with Crippen LogP contribution in [-0.4, -0.2) is 18.2 Å². The van der Waals surface area contributed by atoms with Gasteiger partial charge in [0.25, 0.3) is 0 Å². The van der Waals surface area contributed by atoms with Crippen molar-refractivity contribution in [1.29, 1.82) is 0 Å². The van der Waals surface area contributed by atoms with Gasteiger partial charge in [0.15, 0.2) is 6.61 Å². The van der Waals surface area contributed by atoms with Crippen LogP contribution in [0.2, 0.25) is 0 Å². The van der Waals surface area contributed by atoms with Gasteiger partial charge in [0.1, 0.15) is 11.4 Å². The van der Waals surface area contributed by atoms with Crippen LogP contribution < -0.4 is 4.74 Å². The molecular weight excluding hydrogens is 312 g/mol. The molecule has 0 heterocycles. The molecule has 1 saturated carbocycles. The molecule has 0 amide bonds. The lowest BCUT2D eigenvalue weighted by Gasteiger charge is -2.31. The number of rotatable bonds is 8. The average Bonchev–Trinajstić information content (AvgIpc) is 3.09. The molecule has 1 aromatic carbocycles. The van der Waals surface area contributed by atoms with Crippen molar-refractivity contribution in [2.45, 2.75) is 78.7 Å². The van der Waals surface area contributed by atoms with E-state index in [1.165, 1.54) is 18.4 Å². The number of esters is 1. The summed E-state index contributed by atoms with van der Waals surface area (Å²) in [5.41, 5.74) is 1.20. The fourth-order valence-electron chi connectivity index (χ4n) is 3.55. The van der Waals surface area contributed by atoms with Crippen LogP contribution in [0, 0.1) is 11.3 Å². The number of benzene rings is 1. The molecule has 0 atom stereocenters. The summed E-state index contributed by atoms with van der Waals surface area (Å²) in [6.07, 6.45) is 6.97. The first kappa shape index (κ1) is 19.8. The Morgan fingerprint density at radius 1 is 1.08 bits per heavy atom. The number of carbonyl (C=O) groups excluding carboxylic acids is 1. The average molecular weight is 347 g/mol. The second-order valence-electron chi connectivity index (χ2n) is 8.69. The Morgan fingerprint density at radius 2 is 1.68 bits per heavy atom. The van der Waals surface area contributed by atoms with Crippen molar-refractivity contribution in [1.82, 2.24) is 0 Å². The minimum atomic E-state index is -0.396. The summed E-state index contributed by atoms with van der Waals surface area (Å²) in [6, 6.07) is 8.05. The first-order chi connectivity index (χ1) is 11.7. The monoisotopic (exact) mass is 346 g/mol. The number of carbonyl (C=O) groups is 1.